The van der Waals surface area contributed by atoms with Crippen molar-refractivity contribution >= 4 is 11.7 Å². The molecule has 8 nitrogen and oxygen atoms in total. The normalized spacial score (nSPS) is 18.0. The van der Waals surface area contributed by atoms with E-state index in [9.17, 15) is 23.5 Å². The van der Waals surface area contributed by atoms with Crippen LogP contribution in [-0.2, 0) is 4.79 Å². The Labute approximate surface area is 233 Å². The van der Waals surface area contributed by atoms with E-state index in [2.05, 4.69) is 5.32 Å². The van der Waals surface area contributed by atoms with Gasteiger partial charge in [0.25, 0.3) is 5.92 Å². The van der Waals surface area contributed by atoms with Gasteiger partial charge in [-0.05, 0) is 54.8 Å². The number of benzene rings is 2. The Morgan fingerprint density at radius 3 is 2.38 bits per heavy atom. The Bertz CT molecular complexity index is 1130. The summed E-state index contributed by atoms with van der Waals surface area (Å²) < 4.78 is 43.7. The van der Waals surface area contributed by atoms with Gasteiger partial charge in [0, 0.05) is 50.9 Å². The van der Waals surface area contributed by atoms with Crippen molar-refractivity contribution in [2.45, 2.75) is 63.0 Å². The van der Waals surface area contributed by atoms with Gasteiger partial charge in [-0.1, -0.05) is 12.5 Å². The van der Waals surface area contributed by atoms with E-state index in [4.69, 9.17) is 14.2 Å². The highest BCUT2D eigenvalue weighted by Gasteiger charge is 2.36. The average Bonchev–Trinajstić information content (AvgIpc) is 2.97. The summed E-state index contributed by atoms with van der Waals surface area (Å²) in [6, 6.07) is 11.4. The molecule has 0 spiro atoms. The number of hydrogen-bond acceptors (Lipinski definition) is 7. The SMILES string of the molecule is COc1ccc(C(=O)CCCCCC(=O)N[C@@H](CN2CCC(F)(F)CC2)[C@H](O)c2ccc3c(c2)OCCO3)cc1. The van der Waals surface area contributed by atoms with Crippen LogP contribution in [0, 0.1) is 0 Å². The zero-order valence-corrected chi connectivity index (χ0v) is 22.9. The summed E-state index contributed by atoms with van der Waals surface area (Å²) in [5.74, 6) is -1.06. The minimum absolute atomic E-state index is 0.0434. The van der Waals surface area contributed by atoms with Crippen LogP contribution < -0.4 is 19.5 Å². The van der Waals surface area contributed by atoms with Crippen LogP contribution in [0.25, 0.3) is 0 Å². The molecule has 0 aromatic heterocycles. The number of amides is 1. The number of aliphatic hydroxyl groups excluding tert-OH is 1. The first kappa shape index (κ1) is 29.7. The quantitative estimate of drug-likeness (QED) is 0.274. The van der Waals surface area contributed by atoms with Gasteiger partial charge in [-0.3, -0.25) is 9.59 Å². The maximum Gasteiger partial charge on any atom is 0.250 e. The number of ketones is 1. The zero-order chi connectivity index (χ0) is 28.5. The fraction of sp³-hybridized carbons (Fsp3) is 0.533. The second kappa shape index (κ2) is 13.9. The fourth-order valence-electron chi connectivity index (χ4n) is 4.99. The van der Waals surface area contributed by atoms with Gasteiger partial charge in [0.05, 0.1) is 13.2 Å². The zero-order valence-electron chi connectivity index (χ0n) is 22.9. The number of hydrogen-bond donors (Lipinski definition) is 2. The van der Waals surface area contributed by atoms with E-state index < -0.39 is 18.1 Å². The molecule has 2 N–H and O–H groups in total. The van der Waals surface area contributed by atoms with Crippen LogP contribution >= 0.6 is 0 Å². The molecule has 0 unspecified atom stereocenters. The number of aliphatic hydroxyl groups is 1. The van der Waals surface area contributed by atoms with Crippen LogP contribution in [0.4, 0.5) is 8.78 Å². The lowest BCUT2D eigenvalue weighted by molar-refractivity contribution is -0.123. The topological polar surface area (TPSA) is 97.3 Å². The number of rotatable bonds is 13. The Balaban J connectivity index is 1.29. The number of methoxy groups -OCH3 is 1. The van der Waals surface area contributed by atoms with E-state index in [-0.39, 0.29) is 50.6 Å². The second-order valence-electron chi connectivity index (χ2n) is 10.4. The highest BCUT2D eigenvalue weighted by atomic mass is 19.3. The number of fused-ring (bicyclic) bond motifs is 1. The smallest absolute Gasteiger partial charge is 0.250 e. The van der Waals surface area contributed by atoms with Crippen molar-refractivity contribution in [3.63, 3.8) is 0 Å². The standard InChI is InChI=1S/C30H38F2N2O6/c1-38-23-10-7-21(8-11-23)25(35)5-3-2-4-6-28(36)33-24(20-34-15-13-30(31,32)14-16-34)29(37)22-9-12-26-27(19-22)40-18-17-39-26/h7-12,19,24,29,37H,2-6,13-18,20H2,1H3,(H,33,36)/t24-,29+/m0/s1. The van der Waals surface area contributed by atoms with Crippen LogP contribution in [0.2, 0.25) is 0 Å². The number of nitrogens with one attached hydrogen (secondary N) is 1. The van der Waals surface area contributed by atoms with Crippen molar-refractivity contribution < 1.29 is 37.7 Å². The van der Waals surface area contributed by atoms with Crippen LogP contribution in [0.15, 0.2) is 42.5 Å². The average molecular weight is 561 g/mol. The Morgan fingerprint density at radius 1 is 1.00 bits per heavy atom. The first-order chi connectivity index (χ1) is 19.2. The number of carbonyl (C=O) groups is 2. The van der Waals surface area contributed by atoms with Gasteiger partial charge in [0.15, 0.2) is 17.3 Å². The Morgan fingerprint density at radius 2 is 1.68 bits per heavy atom. The molecule has 1 fully saturated rings. The molecule has 1 amide bonds. The van der Waals surface area contributed by atoms with Crippen LogP contribution in [0.1, 0.15) is 67.0 Å². The number of ether oxygens (including phenoxy) is 3. The minimum Gasteiger partial charge on any atom is -0.497 e. The van der Waals surface area contributed by atoms with E-state index in [1.807, 2.05) is 4.90 Å². The number of halogens is 2. The highest BCUT2D eigenvalue weighted by molar-refractivity contribution is 5.96. The van der Waals surface area contributed by atoms with Crippen molar-refractivity contribution in [2.24, 2.45) is 0 Å². The molecular weight excluding hydrogens is 522 g/mol. The molecule has 2 aliphatic heterocycles. The summed E-state index contributed by atoms with van der Waals surface area (Å²) in [5, 5.41) is 14.2. The molecule has 4 rings (SSSR count). The van der Waals surface area contributed by atoms with E-state index in [1.54, 1.807) is 49.6 Å². The van der Waals surface area contributed by atoms with E-state index in [0.29, 0.717) is 67.3 Å². The molecule has 0 bridgehead atoms. The molecular formula is C30H38F2N2O6. The number of alkyl halides is 2. The molecule has 0 aliphatic carbocycles. The molecule has 2 atom stereocenters. The molecule has 2 aliphatic rings. The van der Waals surface area contributed by atoms with E-state index in [0.717, 1.165) is 0 Å². The summed E-state index contributed by atoms with van der Waals surface area (Å²) in [6.45, 7) is 1.47. The largest absolute Gasteiger partial charge is 0.497 e. The first-order valence-corrected chi connectivity index (χ1v) is 13.9. The van der Waals surface area contributed by atoms with E-state index >= 15 is 0 Å². The van der Waals surface area contributed by atoms with Gasteiger partial charge in [-0.15, -0.1) is 0 Å². The van der Waals surface area contributed by atoms with Crippen molar-refractivity contribution in [3.05, 3.63) is 53.6 Å². The number of Topliss-reactive ketones (excluding diaryl/α,β-unsaturated/α-hetero) is 1. The van der Waals surface area contributed by atoms with Gasteiger partial charge in [-0.25, -0.2) is 8.78 Å². The van der Waals surface area contributed by atoms with Gasteiger partial charge in [-0.2, -0.15) is 0 Å². The first-order valence-electron chi connectivity index (χ1n) is 13.9. The third kappa shape index (κ3) is 8.38. The van der Waals surface area contributed by atoms with Gasteiger partial charge >= 0.3 is 0 Å². The fourth-order valence-corrected chi connectivity index (χ4v) is 4.99. The van der Waals surface area contributed by atoms with Gasteiger partial charge in [0.1, 0.15) is 25.1 Å². The summed E-state index contributed by atoms with van der Waals surface area (Å²) in [4.78, 5) is 27.1. The number of likely N-dealkylation sites (tertiary alicyclic amines) is 1. The monoisotopic (exact) mass is 560 g/mol. The van der Waals surface area contributed by atoms with Gasteiger partial charge < -0.3 is 29.5 Å². The third-order valence-corrected chi connectivity index (χ3v) is 7.40. The van der Waals surface area contributed by atoms with Crippen molar-refractivity contribution in [2.75, 3.05) is 40.0 Å². The lowest BCUT2D eigenvalue weighted by Gasteiger charge is -2.36. The predicted octanol–water partition coefficient (Wildman–Crippen LogP) is 4.55. The summed E-state index contributed by atoms with van der Waals surface area (Å²) in [6.07, 6.45) is 1.01. The third-order valence-electron chi connectivity index (χ3n) is 7.40. The van der Waals surface area contributed by atoms with Crippen LogP contribution in [0.3, 0.4) is 0 Å². The molecule has 2 aromatic carbocycles. The second-order valence-corrected chi connectivity index (χ2v) is 10.4. The predicted molar refractivity (Wildman–Crippen MR) is 145 cm³/mol. The Hall–Kier alpha value is -3.24. The maximum absolute atomic E-state index is 13.7. The van der Waals surface area contributed by atoms with Crippen molar-refractivity contribution in [1.29, 1.82) is 0 Å². The summed E-state index contributed by atoms with van der Waals surface area (Å²) in [5.41, 5.74) is 1.18. The van der Waals surface area contributed by atoms with Crippen LogP contribution in [-0.4, -0.2) is 73.6 Å². The molecule has 2 aromatic rings. The molecule has 0 saturated carbocycles. The lowest BCUT2D eigenvalue weighted by Crippen LogP contribution is -2.50. The number of nitrogens with zero attached hydrogens (tertiary/aromatic N) is 1. The molecule has 0 radical (unpaired) electrons. The Kier molecular flexibility index (Phi) is 10.3. The lowest BCUT2D eigenvalue weighted by atomic mass is 9.99. The molecule has 10 heteroatoms. The summed E-state index contributed by atoms with van der Waals surface area (Å²) in [7, 11) is 1.57. The maximum atomic E-state index is 13.7. The number of carbonyl (C=O) groups excluding carboxylic acids is 2. The number of unbranched alkanes of at least 4 members (excludes halogenated alkanes) is 2. The minimum atomic E-state index is -2.68. The molecule has 40 heavy (non-hydrogen) atoms. The molecule has 2 heterocycles. The highest BCUT2D eigenvalue weighted by Crippen LogP contribution is 2.34. The van der Waals surface area contributed by atoms with Crippen LogP contribution in [0.5, 0.6) is 17.2 Å². The number of piperidine rings is 1. The van der Waals surface area contributed by atoms with Crippen molar-refractivity contribution in [1.82, 2.24) is 10.2 Å². The van der Waals surface area contributed by atoms with E-state index in [1.165, 1.54) is 0 Å². The van der Waals surface area contributed by atoms with Crippen molar-refractivity contribution in [3.8, 4) is 17.2 Å². The summed E-state index contributed by atoms with van der Waals surface area (Å²) >= 11 is 0. The van der Waals surface area contributed by atoms with Gasteiger partial charge in [0.2, 0.25) is 5.91 Å². The molecule has 218 valence electrons. The molecule has 1 saturated heterocycles.